The molecule has 3 nitrogen and oxygen atoms in total. The molecular weight excluding hydrogens is 420 g/mol. The number of quaternary nitrogens is 1. The summed E-state index contributed by atoms with van der Waals surface area (Å²) in [6.07, 6.45) is 1.55. The third-order valence-corrected chi connectivity index (χ3v) is 2.84. The standard InChI is InChI=1S/C10H21INO2.HI/c1-5-9(12(2,3)4)8-14-10(13)6-7-11;/h9H,5-8H2,1-4H3;1H/q+1;/p-1. The van der Waals surface area contributed by atoms with Crippen LogP contribution >= 0.6 is 22.6 Å². The van der Waals surface area contributed by atoms with Crippen molar-refractivity contribution in [2.24, 2.45) is 0 Å². The minimum atomic E-state index is -0.0775. The fourth-order valence-corrected chi connectivity index (χ4v) is 1.67. The van der Waals surface area contributed by atoms with E-state index in [0.717, 1.165) is 15.3 Å². The van der Waals surface area contributed by atoms with Crippen molar-refractivity contribution in [3.63, 3.8) is 0 Å². The van der Waals surface area contributed by atoms with Gasteiger partial charge >= 0.3 is 5.97 Å². The van der Waals surface area contributed by atoms with Gasteiger partial charge in [0.25, 0.3) is 0 Å². The van der Waals surface area contributed by atoms with E-state index in [0.29, 0.717) is 19.1 Å². The quantitative estimate of drug-likeness (QED) is 0.225. The Balaban J connectivity index is 0. The number of likely N-dealkylation sites (N-methyl/N-ethyl adjacent to an activating group) is 1. The van der Waals surface area contributed by atoms with E-state index < -0.39 is 0 Å². The first-order valence-electron chi connectivity index (χ1n) is 4.94. The zero-order valence-corrected chi connectivity index (χ0v) is 14.2. The number of hydrogen-bond acceptors (Lipinski definition) is 2. The Bertz CT molecular complexity index is 181. The van der Waals surface area contributed by atoms with E-state index in [4.69, 9.17) is 4.74 Å². The summed E-state index contributed by atoms with van der Waals surface area (Å²) < 4.78 is 6.88. The first-order chi connectivity index (χ1) is 6.41. The van der Waals surface area contributed by atoms with Gasteiger partial charge in [-0.25, -0.2) is 0 Å². The van der Waals surface area contributed by atoms with Crippen molar-refractivity contribution < 1.29 is 38.0 Å². The van der Waals surface area contributed by atoms with Gasteiger partial charge in [0, 0.05) is 10.8 Å². The summed E-state index contributed by atoms with van der Waals surface area (Å²) in [6.45, 7) is 2.66. The lowest BCUT2D eigenvalue weighted by atomic mass is 10.2. The van der Waals surface area contributed by atoms with Crippen molar-refractivity contribution >= 4 is 28.6 Å². The van der Waals surface area contributed by atoms with E-state index in [1.54, 1.807) is 0 Å². The summed E-state index contributed by atoms with van der Waals surface area (Å²) >= 11 is 2.18. The zero-order valence-electron chi connectivity index (χ0n) is 9.93. The van der Waals surface area contributed by atoms with Crippen LogP contribution in [-0.2, 0) is 9.53 Å². The zero-order chi connectivity index (χ0) is 11.2. The van der Waals surface area contributed by atoms with Gasteiger partial charge in [0.15, 0.2) is 0 Å². The fraction of sp³-hybridized carbons (Fsp3) is 0.900. The molecule has 0 fully saturated rings. The van der Waals surface area contributed by atoms with Crippen LogP contribution in [-0.4, -0.2) is 48.7 Å². The molecule has 1 atom stereocenters. The van der Waals surface area contributed by atoms with Gasteiger partial charge in [-0.1, -0.05) is 29.5 Å². The van der Waals surface area contributed by atoms with E-state index in [1.807, 2.05) is 0 Å². The predicted octanol–water partition coefficient (Wildman–Crippen LogP) is -1.16. The third kappa shape index (κ3) is 8.67. The Labute approximate surface area is 124 Å². The van der Waals surface area contributed by atoms with Crippen LogP contribution in [0.1, 0.15) is 19.8 Å². The Hall–Kier alpha value is 0.890. The van der Waals surface area contributed by atoms with E-state index in [2.05, 4.69) is 50.7 Å². The molecule has 92 valence electrons. The summed E-state index contributed by atoms with van der Waals surface area (Å²) in [6, 6.07) is 0.396. The average Bonchev–Trinajstić information content (AvgIpc) is 2.03. The second kappa shape index (κ2) is 8.98. The summed E-state index contributed by atoms with van der Waals surface area (Å²) in [4.78, 5) is 11.2. The second-order valence-electron chi connectivity index (χ2n) is 4.30. The first-order valence-corrected chi connectivity index (χ1v) is 6.47. The fourth-order valence-electron chi connectivity index (χ4n) is 1.23. The molecule has 0 aliphatic rings. The van der Waals surface area contributed by atoms with Crippen LogP contribution in [0.4, 0.5) is 0 Å². The van der Waals surface area contributed by atoms with Crippen LogP contribution in [0.15, 0.2) is 0 Å². The molecule has 15 heavy (non-hydrogen) atoms. The van der Waals surface area contributed by atoms with E-state index >= 15 is 0 Å². The van der Waals surface area contributed by atoms with Gasteiger partial charge in [0.2, 0.25) is 0 Å². The molecule has 0 aliphatic carbocycles. The Morgan fingerprint density at radius 1 is 1.40 bits per heavy atom. The summed E-state index contributed by atoms with van der Waals surface area (Å²) in [5.41, 5.74) is 0. The molecule has 0 bridgehead atoms. The molecular formula is C10H21I2NO2. The minimum Gasteiger partial charge on any atom is -1.00 e. The van der Waals surface area contributed by atoms with Crippen molar-refractivity contribution in [3.8, 4) is 0 Å². The van der Waals surface area contributed by atoms with Crippen LogP contribution in [0.5, 0.6) is 0 Å². The number of nitrogens with zero attached hydrogens (tertiary/aromatic N) is 1. The number of alkyl halides is 1. The van der Waals surface area contributed by atoms with Gasteiger partial charge in [-0.05, 0) is 0 Å². The molecule has 0 radical (unpaired) electrons. The number of rotatable bonds is 6. The van der Waals surface area contributed by atoms with Crippen LogP contribution in [0.3, 0.4) is 0 Å². The van der Waals surface area contributed by atoms with Crippen molar-refractivity contribution in [3.05, 3.63) is 0 Å². The van der Waals surface area contributed by atoms with E-state index in [1.165, 1.54) is 0 Å². The molecule has 0 aromatic carbocycles. The highest BCUT2D eigenvalue weighted by Crippen LogP contribution is 2.08. The maximum Gasteiger partial charge on any atom is 0.306 e. The van der Waals surface area contributed by atoms with Gasteiger partial charge in [-0.2, -0.15) is 0 Å². The topological polar surface area (TPSA) is 26.3 Å². The van der Waals surface area contributed by atoms with Gasteiger partial charge in [-0.15, -0.1) is 0 Å². The Morgan fingerprint density at radius 2 is 1.93 bits per heavy atom. The van der Waals surface area contributed by atoms with Gasteiger partial charge < -0.3 is 33.2 Å². The predicted molar refractivity (Wildman–Crippen MR) is 66.6 cm³/mol. The molecule has 0 heterocycles. The largest absolute Gasteiger partial charge is 1.00 e. The van der Waals surface area contributed by atoms with E-state index in [9.17, 15) is 4.79 Å². The number of esters is 1. The van der Waals surface area contributed by atoms with Gasteiger partial charge in [0.1, 0.15) is 12.6 Å². The lowest BCUT2D eigenvalue weighted by molar-refractivity contribution is -0.896. The molecule has 0 aromatic heterocycles. The van der Waals surface area contributed by atoms with Crippen LogP contribution in [0, 0.1) is 0 Å². The van der Waals surface area contributed by atoms with Gasteiger partial charge in [-0.3, -0.25) is 4.79 Å². The smallest absolute Gasteiger partial charge is 0.306 e. The molecule has 0 N–H and O–H groups in total. The highest BCUT2D eigenvalue weighted by molar-refractivity contribution is 14.1. The van der Waals surface area contributed by atoms with Gasteiger partial charge in [0.05, 0.1) is 27.6 Å². The number of carbonyl (C=O) groups is 1. The summed E-state index contributed by atoms with van der Waals surface area (Å²) in [5, 5.41) is 0. The van der Waals surface area contributed by atoms with Crippen molar-refractivity contribution in [1.82, 2.24) is 0 Å². The normalized spacial score (nSPS) is 12.9. The van der Waals surface area contributed by atoms with Crippen molar-refractivity contribution in [1.29, 1.82) is 0 Å². The minimum absolute atomic E-state index is 0. The van der Waals surface area contributed by atoms with Crippen LogP contribution in [0.25, 0.3) is 0 Å². The molecule has 0 aromatic rings. The molecule has 0 amide bonds. The highest BCUT2D eigenvalue weighted by atomic mass is 127. The lowest BCUT2D eigenvalue weighted by Gasteiger charge is -2.33. The molecule has 0 saturated heterocycles. The number of ether oxygens (including phenoxy) is 1. The van der Waals surface area contributed by atoms with Crippen molar-refractivity contribution in [2.75, 3.05) is 32.2 Å². The second-order valence-corrected chi connectivity index (χ2v) is 5.38. The maximum absolute atomic E-state index is 11.2. The number of halogens is 2. The number of carbonyl (C=O) groups excluding carboxylic acids is 1. The van der Waals surface area contributed by atoms with E-state index in [-0.39, 0.29) is 29.9 Å². The molecule has 5 heteroatoms. The van der Waals surface area contributed by atoms with Crippen molar-refractivity contribution in [2.45, 2.75) is 25.8 Å². The highest BCUT2D eigenvalue weighted by Gasteiger charge is 2.23. The SMILES string of the molecule is CCC(COC(=O)CCI)[N+](C)(C)C.[I-]. The number of hydrogen-bond donors (Lipinski definition) is 0. The summed E-state index contributed by atoms with van der Waals surface area (Å²) in [5.74, 6) is -0.0775. The molecule has 0 rings (SSSR count). The molecule has 1 unspecified atom stereocenters. The monoisotopic (exact) mass is 441 g/mol. The van der Waals surface area contributed by atoms with Crippen LogP contribution in [0.2, 0.25) is 0 Å². The Morgan fingerprint density at radius 3 is 2.27 bits per heavy atom. The molecule has 0 spiro atoms. The van der Waals surface area contributed by atoms with Crippen LogP contribution < -0.4 is 24.0 Å². The third-order valence-electron chi connectivity index (χ3n) is 2.30. The maximum atomic E-state index is 11.2. The first kappa shape index (κ1) is 18.3. The summed E-state index contributed by atoms with van der Waals surface area (Å²) in [7, 11) is 6.38. The average molecular weight is 441 g/mol. The Kier molecular flexibility index (Phi) is 10.9. The molecule has 0 aliphatic heterocycles. The molecule has 0 saturated carbocycles. The lowest BCUT2D eigenvalue weighted by Crippen LogP contribution is -3.00.